The van der Waals surface area contributed by atoms with Gasteiger partial charge in [0, 0.05) is 32.7 Å². The maximum Gasteiger partial charge on any atom is 0.319 e. The lowest BCUT2D eigenvalue weighted by molar-refractivity contribution is -0.142. The number of rotatable bonds is 5. The number of methoxy groups -OCH3 is 2. The van der Waals surface area contributed by atoms with E-state index >= 15 is 0 Å². The van der Waals surface area contributed by atoms with E-state index in [-0.39, 0.29) is 11.9 Å². The molecule has 1 heterocycles. The first kappa shape index (κ1) is 13.9. The van der Waals surface area contributed by atoms with Crippen LogP contribution < -0.4 is 0 Å². The third kappa shape index (κ3) is 5.14. The Morgan fingerprint density at radius 1 is 0.941 bits per heavy atom. The molecule has 98 valence electrons. The molecule has 0 aromatic heterocycles. The van der Waals surface area contributed by atoms with E-state index in [1.165, 1.54) is 14.2 Å². The molecule has 0 aliphatic carbocycles. The third-order valence-corrected chi connectivity index (χ3v) is 2.91. The summed E-state index contributed by atoms with van der Waals surface area (Å²) in [6.45, 7) is 4.47. The van der Waals surface area contributed by atoms with Crippen LogP contribution in [0.5, 0.6) is 0 Å². The van der Waals surface area contributed by atoms with E-state index in [0.717, 1.165) is 32.7 Å². The summed E-state index contributed by atoms with van der Waals surface area (Å²) in [6.07, 6.45) is 0.424. The van der Waals surface area contributed by atoms with Crippen LogP contribution in [0.1, 0.15) is 6.42 Å². The van der Waals surface area contributed by atoms with E-state index < -0.39 is 0 Å². The molecule has 6 heteroatoms. The van der Waals surface area contributed by atoms with Crippen molar-refractivity contribution in [1.29, 1.82) is 0 Å². The molecule has 1 rings (SSSR count). The van der Waals surface area contributed by atoms with E-state index in [1.807, 2.05) is 0 Å². The Balaban J connectivity index is 2.17. The van der Waals surface area contributed by atoms with Gasteiger partial charge in [-0.3, -0.25) is 14.5 Å². The molecule has 0 spiro atoms. The van der Waals surface area contributed by atoms with Gasteiger partial charge in [-0.15, -0.1) is 0 Å². The van der Waals surface area contributed by atoms with E-state index in [2.05, 4.69) is 19.3 Å². The van der Waals surface area contributed by atoms with Gasteiger partial charge >= 0.3 is 11.9 Å². The molecule has 1 fully saturated rings. The van der Waals surface area contributed by atoms with Gasteiger partial charge in [0.15, 0.2) is 0 Å². The zero-order valence-electron chi connectivity index (χ0n) is 10.5. The Labute approximate surface area is 101 Å². The van der Waals surface area contributed by atoms with Crippen LogP contribution in [0.4, 0.5) is 0 Å². The molecule has 0 unspecified atom stereocenters. The first-order valence-corrected chi connectivity index (χ1v) is 5.74. The van der Waals surface area contributed by atoms with Gasteiger partial charge in [-0.1, -0.05) is 0 Å². The number of carbonyl (C=O) groups is 2. The fraction of sp³-hybridized carbons (Fsp3) is 0.818. The van der Waals surface area contributed by atoms with Crippen molar-refractivity contribution < 1.29 is 19.1 Å². The molecule has 0 radical (unpaired) electrons. The van der Waals surface area contributed by atoms with Gasteiger partial charge < -0.3 is 14.4 Å². The van der Waals surface area contributed by atoms with Crippen molar-refractivity contribution in [3.05, 3.63) is 0 Å². The second-order valence-corrected chi connectivity index (χ2v) is 4.02. The summed E-state index contributed by atoms with van der Waals surface area (Å²) >= 11 is 0. The molecule has 0 saturated carbocycles. The van der Waals surface area contributed by atoms with Crippen molar-refractivity contribution in [2.45, 2.75) is 6.42 Å². The highest BCUT2D eigenvalue weighted by Gasteiger charge is 2.19. The van der Waals surface area contributed by atoms with Gasteiger partial charge in [0.2, 0.25) is 0 Å². The fourth-order valence-electron chi connectivity index (χ4n) is 1.77. The van der Waals surface area contributed by atoms with Gasteiger partial charge in [-0.2, -0.15) is 0 Å². The average molecular weight is 244 g/mol. The van der Waals surface area contributed by atoms with E-state index in [0.29, 0.717) is 13.0 Å². The molecule has 0 aromatic carbocycles. The number of hydrogen-bond acceptors (Lipinski definition) is 6. The van der Waals surface area contributed by atoms with Crippen molar-refractivity contribution in [3.63, 3.8) is 0 Å². The van der Waals surface area contributed by atoms with Crippen LogP contribution >= 0.6 is 0 Å². The highest BCUT2D eigenvalue weighted by atomic mass is 16.5. The molecule has 1 aliphatic rings. The zero-order valence-corrected chi connectivity index (χ0v) is 10.5. The molecule has 6 nitrogen and oxygen atoms in total. The quantitative estimate of drug-likeness (QED) is 0.598. The second kappa shape index (κ2) is 7.24. The lowest BCUT2D eigenvalue weighted by atomic mass is 10.3. The number of carbonyl (C=O) groups excluding carboxylic acids is 2. The van der Waals surface area contributed by atoms with Gasteiger partial charge in [0.05, 0.1) is 27.2 Å². The summed E-state index contributed by atoms with van der Waals surface area (Å²) in [7, 11) is 2.80. The van der Waals surface area contributed by atoms with Crippen molar-refractivity contribution in [2.24, 2.45) is 0 Å². The molecular weight excluding hydrogens is 224 g/mol. The van der Waals surface area contributed by atoms with Crippen LogP contribution in [-0.2, 0) is 19.1 Å². The third-order valence-electron chi connectivity index (χ3n) is 2.91. The molecule has 0 atom stereocenters. The van der Waals surface area contributed by atoms with Gasteiger partial charge in [0.1, 0.15) is 0 Å². The maximum absolute atomic E-state index is 11.1. The van der Waals surface area contributed by atoms with E-state index in [9.17, 15) is 9.59 Å². The Bertz CT molecular complexity index is 262. The van der Waals surface area contributed by atoms with Crippen LogP contribution in [0.15, 0.2) is 0 Å². The van der Waals surface area contributed by atoms with Gasteiger partial charge in [0.25, 0.3) is 0 Å². The first-order chi connectivity index (χ1) is 8.15. The molecule has 0 N–H and O–H groups in total. The minimum atomic E-state index is -0.201. The molecule has 1 aliphatic heterocycles. The van der Waals surface area contributed by atoms with Crippen LogP contribution in [-0.4, -0.2) is 75.2 Å². The van der Waals surface area contributed by atoms with Crippen molar-refractivity contribution in [3.8, 4) is 0 Å². The maximum atomic E-state index is 11.1. The highest BCUT2D eigenvalue weighted by Crippen LogP contribution is 2.02. The largest absolute Gasteiger partial charge is 0.469 e. The number of hydrogen-bond donors (Lipinski definition) is 0. The molecule has 0 aromatic rings. The molecule has 0 bridgehead atoms. The van der Waals surface area contributed by atoms with Crippen molar-refractivity contribution in [1.82, 2.24) is 9.80 Å². The summed E-state index contributed by atoms with van der Waals surface area (Å²) in [5.41, 5.74) is 0. The summed E-state index contributed by atoms with van der Waals surface area (Å²) in [6, 6.07) is 0. The minimum absolute atomic E-state index is 0.179. The predicted octanol–water partition coefficient (Wildman–Crippen LogP) is -0.660. The minimum Gasteiger partial charge on any atom is -0.469 e. The lowest BCUT2D eigenvalue weighted by Gasteiger charge is -2.33. The van der Waals surface area contributed by atoms with Crippen LogP contribution in [0.25, 0.3) is 0 Å². The van der Waals surface area contributed by atoms with E-state index in [4.69, 9.17) is 0 Å². The van der Waals surface area contributed by atoms with Crippen LogP contribution in [0, 0.1) is 0 Å². The molecule has 1 saturated heterocycles. The smallest absolute Gasteiger partial charge is 0.319 e. The fourth-order valence-corrected chi connectivity index (χ4v) is 1.77. The Hall–Kier alpha value is -1.14. The lowest BCUT2D eigenvalue weighted by Crippen LogP contribution is -2.48. The first-order valence-electron chi connectivity index (χ1n) is 5.74. The molecule has 17 heavy (non-hydrogen) atoms. The predicted molar refractivity (Wildman–Crippen MR) is 61.5 cm³/mol. The number of ether oxygens (including phenoxy) is 2. The number of esters is 2. The zero-order chi connectivity index (χ0) is 12.7. The van der Waals surface area contributed by atoms with Gasteiger partial charge in [-0.05, 0) is 0 Å². The summed E-state index contributed by atoms with van der Waals surface area (Å²) < 4.78 is 9.21. The van der Waals surface area contributed by atoms with Crippen molar-refractivity contribution >= 4 is 11.9 Å². The standard InChI is InChI=1S/C11H20N2O4/c1-16-10(14)3-4-12-5-7-13(8-6-12)9-11(15)17-2/h3-9H2,1-2H3. The normalized spacial score (nSPS) is 17.8. The Kier molecular flexibility index (Phi) is 5.93. The number of piperazine rings is 1. The Morgan fingerprint density at radius 2 is 1.47 bits per heavy atom. The summed E-state index contributed by atoms with van der Waals surface area (Å²) in [4.78, 5) is 26.3. The molecule has 0 amide bonds. The van der Waals surface area contributed by atoms with Crippen LogP contribution in [0.2, 0.25) is 0 Å². The SMILES string of the molecule is COC(=O)CCN1CCN(CC(=O)OC)CC1. The topological polar surface area (TPSA) is 59.1 Å². The van der Waals surface area contributed by atoms with E-state index in [1.54, 1.807) is 0 Å². The summed E-state index contributed by atoms with van der Waals surface area (Å²) in [5, 5.41) is 0. The average Bonchev–Trinajstić information content (AvgIpc) is 2.37. The van der Waals surface area contributed by atoms with Gasteiger partial charge in [-0.25, -0.2) is 0 Å². The van der Waals surface area contributed by atoms with Crippen molar-refractivity contribution in [2.75, 3.05) is 53.5 Å². The molecular formula is C11H20N2O4. The number of nitrogens with zero attached hydrogens (tertiary/aromatic N) is 2. The monoisotopic (exact) mass is 244 g/mol. The summed E-state index contributed by atoms with van der Waals surface area (Å²) in [5.74, 6) is -0.380. The van der Waals surface area contributed by atoms with Crippen LogP contribution in [0.3, 0.4) is 0 Å². The highest BCUT2D eigenvalue weighted by molar-refractivity contribution is 5.71. The Morgan fingerprint density at radius 3 is 2.00 bits per heavy atom. The second-order valence-electron chi connectivity index (χ2n) is 4.02.